The monoisotopic (exact) mass is 181 g/mol. The molecule has 0 aliphatic rings. The summed E-state index contributed by atoms with van der Waals surface area (Å²) in [5, 5.41) is 8.56. The molecule has 0 saturated heterocycles. The molecule has 5 heteroatoms. The second-order valence-electron chi connectivity index (χ2n) is 3.23. The second kappa shape index (κ2) is 3.51. The molecule has 0 aliphatic carbocycles. The highest BCUT2D eigenvalue weighted by molar-refractivity contribution is 7.88. The van der Waals surface area contributed by atoms with E-state index in [2.05, 4.69) is 4.72 Å². The molecule has 2 N–H and O–H groups in total. The summed E-state index contributed by atoms with van der Waals surface area (Å²) in [7, 11) is -3.17. The molecule has 68 valence electrons. The minimum absolute atomic E-state index is 0.0183. The number of hydrogen-bond donors (Lipinski definition) is 2. The molecule has 0 fully saturated rings. The van der Waals surface area contributed by atoms with Crippen molar-refractivity contribution in [2.24, 2.45) is 0 Å². The van der Waals surface area contributed by atoms with E-state index in [1.165, 1.54) is 0 Å². The van der Waals surface area contributed by atoms with Gasteiger partial charge in [0.15, 0.2) is 0 Å². The Bertz CT molecular complexity index is 208. The molecular weight excluding hydrogens is 166 g/mol. The fourth-order valence-corrected chi connectivity index (χ4v) is 1.94. The lowest BCUT2D eigenvalue weighted by atomic mass is 10.0. The Balaban J connectivity index is 4.13. The van der Waals surface area contributed by atoms with Crippen LogP contribution in [0.1, 0.15) is 20.3 Å². The molecule has 11 heavy (non-hydrogen) atoms. The van der Waals surface area contributed by atoms with Crippen LogP contribution >= 0.6 is 0 Å². The molecule has 0 rings (SSSR count). The van der Waals surface area contributed by atoms with Gasteiger partial charge in [-0.3, -0.25) is 0 Å². The quantitative estimate of drug-likeness (QED) is 0.625. The predicted octanol–water partition coefficient (Wildman–Crippen LogP) is -0.303. The normalized spacial score (nSPS) is 13.5. The molecule has 0 heterocycles. The minimum atomic E-state index is -3.17. The molecule has 0 saturated carbocycles. The molecule has 0 atom stereocenters. The smallest absolute Gasteiger partial charge is 0.209 e. The molecule has 0 aromatic carbocycles. The zero-order chi connectivity index (χ0) is 9.12. The van der Waals surface area contributed by atoms with Crippen LogP contribution in [0.3, 0.4) is 0 Å². The highest BCUT2D eigenvalue weighted by Crippen LogP contribution is 2.07. The van der Waals surface area contributed by atoms with Crippen LogP contribution in [0, 0.1) is 0 Å². The summed E-state index contributed by atoms with van der Waals surface area (Å²) in [4.78, 5) is 0. The maximum atomic E-state index is 10.7. The fraction of sp³-hybridized carbons (Fsp3) is 1.00. The largest absolute Gasteiger partial charge is 0.396 e. The van der Waals surface area contributed by atoms with Crippen molar-refractivity contribution < 1.29 is 13.5 Å². The Labute approximate surface area is 67.7 Å². The van der Waals surface area contributed by atoms with Crippen molar-refractivity contribution in [1.29, 1.82) is 0 Å². The van der Waals surface area contributed by atoms with Crippen LogP contribution < -0.4 is 4.72 Å². The van der Waals surface area contributed by atoms with Gasteiger partial charge in [-0.15, -0.1) is 0 Å². The SMILES string of the molecule is CC(C)(CCO)NS(C)(=O)=O. The summed E-state index contributed by atoms with van der Waals surface area (Å²) < 4.78 is 23.9. The molecule has 0 bridgehead atoms. The van der Waals surface area contributed by atoms with E-state index in [-0.39, 0.29) is 6.61 Å². The van der Waals surface area contributed by atoms with Crippen LogP contribution in [0.2, 0.25) is 0 Å². The highest BCUT2D eigenvalue weighted by atomic mass is 32.2. The van der Waals surface area contributed by atoms with Crippen LogP contribution in [0.4, 0.5) is 0 Å². The fourth-order valence-electron chi connectivity index (χ4n) is 0.832. The van der Waals surface area contributed by atoms with E-state index in [1.807, 2.05) is 0 Å². The summed E-state index contributed by atoms with van der Waals surface area (Å²) >= 11 is 0. The highest BCUT2D eigenvalue weighted by Gasteiger charge is 2.20. The van der Waals surface area contributed by atoms with Crippen molar-refractivity contribution in [3.8, 4) is 0 Å². The van der Waals surface area contributed by atoms with E-state index in [4.69, 9.17) is 5.11 Å². The first kappa shape index (κ1) is 10.9. The van der Waals surface area contributed by atoms with Gasteiger partial charge in [-0.2, -0.15) is 0 Å². The lowest BCUT2D eigenvalue weighted by Crippen LogP contribution is -2.43. The van der Waals surface area contributed by atoms with E-state index in [1.54, 1.807) is 13.8 Å². The van der Waals surface area contributed by atoms with Crippen LogP contribution in [0.15, 0.2) is 0 Å². The molecule has 0 aromatic heterocycles. The first-order chi connectivity index (χ1) is 4.77. The van der Waals surface area contributed by atoms with Gasteiger partial charge in [0.25, 0.3) is 0 Å². The van der Waals surface area contributed by atoms with Gasteiger partial charge in [0.05, 0.1) is 6.26 Å². The van der Waals surface area contributed by atoms with E-state index in [0.717, 1.165) is 6.26 Å². The van der Waals surface area contributed by atoms with E-state index in [9.17, 15) is 8.42 Å². The number of aliphatic hydroxyl groups is 1. The first-order valence-electron chi connectivity index (χ1n) is 3.37. The lowest BCUT2D eigenvalue weighted by molar-refractivity contribution is 0.246. The molecule has 0 unspecified atom stereocenters. The number of nitrogens with one attached hydrogen (secondary N) is 1. The molecule has 4 nitrogen and oxygen atoms in total. The minimum Gasteiger partial charge on any atom is -0.396 e. The summed E-state index contributed by atoms with van der Waals surface area (Å²) in [5.41, 5.74) is -0.553. The summed E-state index contributed by atoms with van der Waals surface area (Å²) in [5.74, 6) is 0. The first-order valence-corrected chi connectivity index (χ1v) is 5.26. The van der Waals surface area contributed by atoms with Crippen LogP contribution in [-0.2, 0) is 10.0 Å². The number of rotatable bonds is 4. The van der Waals surface area contributed by atoms with Crippen LogP contribution in [0.5, 0.6) is 0 Å². The zero-order valence-corrected chi connectivity index (χ0v) is 7.90. The number of aliphatic hydroxyl groups excluding tert-OH is 1. The maximum absolute atomic E-state index is 10.7. The van der Waals surface area contributed by atoms with Gasteiger partial charge in [0, 0.05) is 12.1 Å². The second-order valence-corrected chi connectivity index (χ2v) is 4.98. The zero-order valence-electron chi connectivity index (χ0n) is 7.09. The van der Waals surface area contributed by atoms with Gasteiger partial charge >= 0.3 is 0 Å². The Kier molecular flexibility index (Phi) is 3.47. The average Bonchev–Trinajstić information content (AvgIpc) is 1.55. The summed E-state index contributed by atoms with van der Waals surface area (Å²) in [6.45, 7) is 3.43. The maximum Gasteiger partial charge on any atom is 0.209 e. The molecule has 0 aromatic rings. The van der Waals surface area contributed by atoms with Gasteiger partial charge in [0.1, 0.15) is 0 Å². The number of sulfonamides is 1. The Hall–Kier alpha value is -0.130. The van der Waals surface area contributed by atoms with Crippen molar-refractivity contribution in [3.63, 3.8) is 0 Å². The number of hydrogen-bond acceptors (Lipinski definition) is 3. The van der Waals surface area contributed by atoms with E-state index < -0.39 is 15.6 Å². The molecule has 0 spiro atoms. The van der Waals surface area contributed by atoms with E-state index >= 15 is 0 Å². The van der Waals surface area contributed by atoms with Crippen molar-refractivity contribution in [2.45, 2.75) is 25.8 Å². The average molecular weight is 181 g/mol. The summed E-state index contributed by atoms with van der Waals surface area (Å²) in [6.07, 6.45) is 1.52. The van der Waals surface area contributed by atoms with Gasteiger partial charge in [-0.05, 0) is 20.3 Å². The standard InChI is InChI=1S/C6H15NO3S/c1-6(2,4-5-8)7-11(3,9)10/h7-8H,4-5H2,1-3H3. The van der Waals surface area contributed by atoms with Crippen molar-refractivity contribution in [1.82, 2.24) is 4.72 Å². The lowest BCUT2D eigenvalue weighted by Gasteiger charge is -2.23. The third-order valence-electron chi connectivity index (χ3n) is 1.20. The molecule has 0 radical (unpaired) electrons. The Morgan fingerprint density at radius 3 is 2.18 bits per heavy atom. The van der Waals surface area contributed by atoms with Crippen molar-refractivity contribution in [2.75, 3.05) is 12.9 Å². The van der Waals surface area contributed by atoms with Gasteiger partial charge in [-0.25, -0.2) is 13.1 Å². The molecular formula is C6H15NO3S. The molecule has 0 aliphatic heterocycles. The third kappa shape index (κ3) is 6.28. The van der Waals surface area contributed by atoms with Gasteiger partial charge < -0.3 is 5.11 Å². The predicted molar refractivity (Wildman–Crippen MR) is 43.8 cm³/mol. The van der Waals surface area contributed by atoms with E-state index in [0.29, 0.717) is 6.42 Å². The van der Waals surface area contributed by atoms with Crippen molar-refractivity contribution in [3.05, 3.63) is 0 Å². The van der Waals surface area contributed by atoms with Gasteiger partial charge in [-0.1, -0.05) is 0 Å². The Morgan fingerprint density at radius 2 is 1.91 bits per heavy atom. The van der Waals surface area contributed by atoms with Crippen LogP contribution in [-0.4, -0.2) is 31.9 Å². The Morgan fingerprint density at radius 1 is 1.45 bits per heavy atom. The third-order valence-corrected chi connectivity index (χ3v) is 2.12. The van der Waals surface area contributed by atoms with Gasteiger partial charge in [0.2, 0.25) is 10.0 Å². The molecule has 0 amide bonds. The topological polar surface area (TPSA) is 66.4 Å². The van der Waals surface area contributed by atoms with Crippen molar-refractivity contribution >= 4 is 10.0 Å². The summed E-state index contributed by atoms with van der Waals surface area (Å²) in [6, 6.07) is 0. The van der Waals surface area contributed by atoms with Crippen LogP contribution in [0.25, 0.3) is 0 Å².